The van der Waals surface area contributed by atoms with E-state index < -0.39 is 0 Å². The Morgan fingerprint density at radius 1 is 1.59 bits per heavy atom. The molecule has 0 aliphatic carbocycles. The molecule has 96 valence electrons. The van der Waals surface area contributed by atoms with E-state index in [0.29, 0.717) is 5.57 Å². The number of rotatable bonds is 4. The third-order valence-electron chi connectivity index (χ3n) is 3.01. The zero-order valence-electron chi connectivity index (χ0n) is 11.0. The highest BCUT2D eigenvalue weighted by atomic mass is 16.5. The number of ether oxygens (including phenoxy) is 1. The molecule has 1 fully saturated rings. The molecule has 1 amide bonds. The van der Waals surface area contributed by atoms with Crippen molar-refractivity contribution in [2.24, 2.45) is 5.92 Å². The maximum Gasteiger partial charge on any atom is 0.333 e. The summed E-state index contributed by atoms with van der Waals surface area (Å²) in [7, 11) is 0. The first-order valence-corrected chi connectivity index (χ1v) is 5.99. The Hall–Kier alpha value is -1.32. The average Bonchev–Trinajstić information content (AvgIpc) is 2.51. The molecule has 0 bridgehead atoms. The van der Waals surface area contributed by atoms with Gasteiger partial charge >= 0.3 is 5.97 Å². The second-order valence-electron chi connectivity index (χ2n) is 5.01. The third kappa shape index (κ3) is 3.08. The smallest absolute Gasteiger partial charge is 0.333 e. The Bertz CT molecular complexity index is 336. The van der Waals surface area contributed by atoms with Crippen molar-refractivity contribution in [3.05, 3.63) is 12.2 Å². The molecule has 2 atom stereocenters. The fourth-order valence-corrected chi connectivity index (χ4v) is 2.18. The van der Waals surface area contributed by atoms with E-state index in [1.165, 1.54) is 0 Å². The molecule has 17 heavy (non-hydrogen) atoms. The standard InChI is InChI=1S/C13H21NO3/c1-8(2)13(16)17-7-11-6-10(5)12(15)14(11)9(3)4/h9-11H,1,6-7H2,2-5H3. The van der Waals surface area contributed by atoms with Gasteiger partial charge in [-0.1, -0.05) is 13.5 Å². The number of hydrogen-bond acceptors (Lipinski definition) is 3. The predicted octanol–water partition coefficient (Wildman–Crippen LogP) is 1.75. The third-order valence-corrected chi connectivity index (χ3v) is 3.01. The SMILES string of the molecule is C=C(C)C(=O)OCC1CC(C)C(=O)N1C(C)C. The Kier molecular flexibility index (Phi) is 4.32. The summed E-state index contributed by atoms with van der Waals surface area (Å²) < 4.78 is 5.13. The molecule has 2 unspecified atom stereocenters. The van der Waals surface area contributed by atoms with Gasteiger partial charge in [0.25, 0.3) is 0 Å². The van der Waals surface area contributed by atoms with Crippen LogP contribution in [0, 0.1) is 5.92 Å². The van der Waals surface area contributed by atoms with Crippen LogP contribution in [0.15, 0.2) is 12.2 Å². The molecule has 4 heteroatoms. The topological polar surface area (TPSA) is 46.6 Å². The van der Waals surface area contributed by atoms with E-state index in [2.05, 4.69) is 6.58 Å². The molecule has 4 nitrogen and oxygen atoms in total. The summed E-state index contributed by atoms with van der Waals surface area (Å²) in [6.07, 6.45) is 0.750. The van der Waals surface area contributed by atoms with Gasteiger partial charge in [0, 0.05) is 17.5 Å². The van der Waals surface area contributed by atoms with Gasteiger partial charge < -0.3 is 9.64 Å². The number of hydrogen-bond donors (Lipinski definition) is 0. The minimum absolute atomic E-state index is 0.000741. The molecule has 0 spiro atoms. The molecule has 0 radical (unpaired) electrons. The highest BCUT2D eigenvalue weighted by Crippen LogP contribution is 2.26. The van der Waals surface area contributed by atoms with Crippen molar-refractivity contribution in [2.75, 3.05) is 6.61 Å². The van der Waals surface area contributed by atoms with Crippen LogP contribution < -0.4 is 0 Å². The average molecular weight is 239 g/mol. The van der Waals surface area contributed by atoms with Crippen LogP contribution in [0.1, 0.15) is 34.1 Å². The van der Waals surface area contributed by atoms with Crippen LogP contribution in [0.25, 0.3) is 0 Å². The van der Waals surface area contributed by atoms with Gasteiger partial charge in [0.1, 0.15) is 6.61 Å². The summed E-state index contributed by atoms with van der Waals surface area (Å²) in [5.41, 5.74) is 0.387. The lowest BCUT2D eigenvalue weighted by molar-refractivity contribution is -0.143. The van der Waals surface area contributed by atoms with Crippen molar-refractivity contribution in [1.82, 2.24) is 4.90 Å². The van der Waals surface area contributed by atoms with Crippen LogP contribution in [0.5, 0.6) is 0 Å². The fraction of sp³-hybridized carbons (Fsp3) is 0.692. The molecule has 1 rings (SSSR count). The van der Waals surface area contributed by atoms with Crippen molar-refractivity contribution in [3.8, 4) is 0 Å². The maximum atomic E-state index is 11.9. The summed E-state index contributed by atoms with van der Waals surface area (Å²) >= 11 is 0. The first kappa shape index (κ1) is 13.7. The summed E-state index contributed by atoms with van der Waals surface area (Å²) in [6.45, 7) is 11.3. The number of esters is 1. The molecule has 1 heterocycles. The predicted molar refractivity (Wildman–Crippen MR) is 65.3 cm³/mol. The van der Waals surface area contributed by atoms with Gasteiger partial charge in [-0.05, 0) is 27.2 Å². The van der Waals surface area contributed by atoms with Crippen molar-refractivity contribution < 1.29 is 14.3 Å². The van der Waals surface area contributed by atoms with Crippen molar-refractivity contribution in [2.45, 2.75) is 46.2 Å². The lowest BCUT2D eigenvalue weighted by atomic mass is 10.1. The Labute approximate surface area is 103 Å². The molecule has 0 aromatic rings. The van der Waals surface area contributed by atoms with E-state index in [4.69, 9.17) is 4.74 Å². The summed E-state index contributed by atoms with van der Waals surface area (Å²) in [5.74, 6) is -0.219. The van der Waals surface area contributed by atoms with E-state index in [1.54, 1.807) is 6.92 Å². The second-order valence-corrected chi connectivity index (χ2v) is 5.01. The lowest BCUT2D eigenvalue weighted by Crippen LogP contribution is -2.41. The van der Waals surface area contributed by atoms with Crippen LogP contribution in [0.4, 0.5) is 0 Å². The molecule has 1 aliphatic heterocycles. The molecular weight excluding hydrogens is 218 g/mol. The number of carbonyl (C=O) groups is 2. The highest BCUT2D eigenvalue weighted by molar-refractivity contribution is 5.87. The van der Waals surface area contributed by atoms with Crippen LogP contribution in [0.3, 0.4) is 0 Å². The van der Waals surface area contributed by atoms with Gasteiger partial charge in [0.2, 0.25) is 5.91 Å². The molecule has 0 N–H and O–H groups in total. The first-order chi connectivity index (χ1) is 7.84. The van der Waals surface area contributed by atoms with Crippen LogP contribution in [-0.4, -0.2) is 35.5 Å². The van der Waals surface area contributed by atoms with Gasteiger partial charge in [-0.3, -0.25) is 4.79 Å². The monoisotopic (exact) mass is 239 g/mol. The zero-order valence-corrected chi connectivity index (χ0v) is 11.0. The van der Waals surface area contributed by atoms with E-state index in [9.17, 15) is 9.59 Å². The zero-order chi connectivity index (χ0) is 13.2. The van der Waals surface area contributed by atoms with E-state index in [-0.39, 0.29) is 36.5 Å². The normalized spacial score (nSPS) is 24.3. The van der Waals surface area contributed by atoms with Gasteiger partial charge in [-0.25, -0.2) is 4.79 Å². The summed E-state index contributed by atoms with van der Waals surface area (Å²) in [6, 6.07) is 0.141. The van der Waals surface area contributed by atoms with Crippen LogP contribution in [-0.2, 0) is 14.3 Å². The Morgan fingerprint density at radius 3 is 2.65 bits per heavy atom. The number of amides is 1. The van der Waals surface area contributed by atoms with Crippen LogP contribution in [0.2, 0.25) is 0 Å². The molecule has 1 saturated heterocycles. The molecule has 0 saturated carbocycles. The van der Waals surface area contributed by atoms with Crippen molar-refractivity contribution in [3.63, 3.8) is 0 Å². The molecule has 1 aliphatic rings. The summed E-state index contributed by atoms with van der Waals surface area (Å²) in [5, 5.41) is 0. The number of carbonyl (C=O) groups excluding carboxylic acids is 2. The van der Waals surface area contributed by atoms with Gasteiger partial charge in [-0.15, -0.1) is 0 Å². The van der Waals surface area contributed by atoms with E-state index >= 15 is 0 Å². The minimum Gasteiger partial charge on any atom is -0.460 e. The quantitative estimate of drug-likeness (QED) is 0.554. The van der Waals surface area contributed by atoms with E-state index in [0.717, 1.165) is 6.42 Å². The molecule has 0 aromatic heterocycles. The van der Waals surface area contributed by atoms with Crippen LogP contribution >= 0.6 is 0 Å². The largest absolute Gasteiger partial charge is 0.460 e. The van der Waals surface area contributed by atoms with Gasteiger partial charge in [-0.2, -0.15) is 0 Å². The van der Waals surface area contributed by atoms with E-state index in [1.807, 2.05) is 25.7 Å². The highest BCUT2D eigenvalue weighted by Gasteiger charge is 2.38. The number of likely N-dealkylation sites (tertiary alicyclic amines) is 1. The fourth-order valence-electron chi connectivity index (χ4n) is 2.18. The lowest BCUT2D eigenvalue weighted by Gasteiger charge is -2.28. The van der Waals surface area contributed by atoms with Crippen molar-refractivity contribution in [1.29, 1.82) is 0 Å². The Morgan fingerprint density at radius 2 is 2.18 bits per heavy atom. The van der Waals surface area contributed by atoms with Crippen molar-refractivity contribution >= 4 is 11.9 Å². The molecule has 0 aromatic carbocycles. The Balaban J connectivity index is 2.61. The minimum atomic E-state index is -0.388. The first-order valence-electron chi connectivity index (χ1n) is 5.99. The van der Waals surface area contributed by atoms with Gasteiger partial charge in [0.15, 0.2) is 0 Å². The van der Waals surface area contributed by atoms with Gasteiger partial charge in [0.05, 0.1) is 6.04 Å². The second kappa shape index (κ2) is 5.34. The number of nitrogens with zero attached hydrogens (tertiary/aromatic N) is 1. The molecular formula is C13H21NO3. The maximum absolute atomic E-state index is 11.9. The summed E-state index contributed by atoms with van der Waals surface area (Å²) in [4.78, 5) is 25.0.